The lowest BCUT2D eigenvalue weighted by molar-refractivity contribution is 0.358. The Balaban J connectivity index is 2.02. The zero-order valence-electron chi connectivity index (χ0n) is 13.7. The second-order valence-electron chi connectivity index (χ2n) is 5.57. The summed E-state index contributed by atoms with van der Waals surface area (Å²) in [5, 5.41) is 8.72. The number of nitrogens with one attached hydrogen (secondary N) is 1. The Morgan fingerprint density at radius 2 is 1.65 bits per heavy atom. The molecular weight excluding hydrogens is 360 g/mol. The van der Waals surface area contributed by atoms with E-state index in [1.807, 2.05) is 0 Å². The number of ether oxygens (including phenoxy) is 1. The number of sulfonamides is 1. The van der Waals surface area contributed by atoms with Crippen LogP contribution in [0, 0.1) is 9.81 Å². The van der Waals surface area contributed by atoms with Gasteiger partial charge in [-0.05, 0) is 40.7 Å². The average Bonchev–Trinajstić information content (AvgIpc) is 2.69. The second kappa shape index (κ2) is 7.68. The molecule has 0 radical (unpaired) electrons. The molecule has 1 N–H and O–H groups in total. The van der Waals surface area contributed by atoms with Crippen molar-refractivity contribution in [2.45, 2.75) is 4.90 Å². The van der Waals surface area contributed by atoms with E-state index in [4.69, 9.17) is 4.74 Å². The smallest absolute Gasteiger partial charge is 0.246 e. The molecule has 1 aliphatic rings. The number of rotatable bonds is 6. The molecule has 1 aliphatic heterocycles. The number of piperazine rings is 1. The van der Waals surface area contributed by atoms with Crippen LogP contribution in [0.4, 0.5) is 11.4 Å². The van der Waals surface area contributed by atoms with Gasteiger partial charge < -0.3 is 10.1 Å². The van der Waals surface area contributed by atoms with E-state index in [1.165, 1.54) is 34.6 Å². The van der Waals surface area contributed by atoms with Crippen molar-refractivity contribution in [1.82, 2.24) is 9.62 Å². The van der Waals surface area contributed by atoms with E-state index in [0.29, 0.717) is 26.2 Å². The SMILES string of the molecule is O=Nc1cccc(Oc2ccc(N=O)cc2S(=O)(=O)N2CCNCC2)c1. The Bertz CT molecular complexity index is 926. The van der Waals surface area contributed by atoms with Gasteiger partial charge in [0, 0.05) is 32.2 Å². The van der Waals surface area contributed by atoms with Crippen molar-refractivity contribution in [2.24, 2.45) is 10.4 Å². The normalized spacial score (nSPS) is 15.4. The van der Waals surface area contributed by atoms with Gasteiger partial charge in [0.05, 0.1) is 0 Å². The van der Waals surface area contributed by atoms with Gasteiger partial charge in [0.2, 0.25) is 10.0 Å². The van der Waals surface area contributed by atoms with Crippen LogP contribution in [0.3, 0.4) is 0 Å². The molecule has 0 saturated carbocycles. The molecule has 0 aromatic heterocycles. The summed E-state index contributed by atoms with van der Waals surface area (Å²) < 4.78 is 33.0. The minimum atomic E-state index is -3.88. The molecule has 3 rings (SSSR count). The van der Waals surface area contributed by atoms with Crippen LogP contribution < -0.4 is 10.1 Å². The minimum absolute atomic E-state index is 0.0191. The van der Waals surface area contributed by atoms with E-state index in [-0.39, 0.29) is 27.8 Å². The van der Waals surface area contributed by atoms with Crippen LogP contribution in [-0.2, 0) is 10.0 Å². The van der Waals surface area contributed by atoms with Gasteiger partial charge in [0.15, 0.2) is 0 Å². The maximum absolute atomic E-state index is 13.0. The third kappa shape index (κ3) is 3.77. The van der Waals surface area contributed by atoms with E-state index in [0.717, 1.165) is 0 Å². The van der Waals surface area contributed by atoms with E-state index in [9.17, 15) is 18.2 Å². The summed E-state index contributed by atoms with van der Waals surface area (Å²) >= 11 is 0. The summed E-state index contributed by atoms with van der Waals surface area (Å²) in [4.78, 5) is 21.4. The molecule has 0 atom stereocenters. The Hall–Kier alpha value is -2.69. The topological polar surface area (TPSA) is 117 Å². The summed E-state index contributed by atoms with van der Waals surface area (Å²) in [5.74, 6) is 0.296. The quantitative estimate of drug-likeness (QED) is 0.775. The lowest BCUT2D eigenvalue weighted by Crippen LogP contribution is -2.46. The Morgan fingerprint density at radius 3 is 2.35 bits per heavy atom. The molecule has 26 heavy (non-hydrogen) atoms. The Labute approximate surface area is 150 Å². The minimum Gasteiger partial charge on any atom is -0.456 e. The molecule has 2 aromatic rings. The number of hydrogen-bond acceptors (Lipinski definition) is 8. The lowest BCUT2D eigenvalue weighted by Gasteiger charge is -2.27. The van der Waals surface area contributed by atoms with E-state index >= 15 is 0 Å². The van der Waals surface area contributed by atoms with Crippen molar-refractivity contribution in [3.05, 3.63) is 52.3 Å². The first-order valence-electron chi connectivity index (χ1n) is 7.84. The predicted octanol–water partition coefficient (Wildman–Crippen LogP) is 2.87. The van der Waals surface area contributed by atoms with Crippen molar-refractivity contribution in [3.8, 4) is 11.5 Å². The average molecular weight is 376 g/mol. The summed E-state index contributed by atoms with van der Waals surface area (Å²) in [6.45, 7) is 1.69. The summed E-state index contributed by atoms with van der Waals surface area (Å²) in [6, 6.07) is 9.94. The first-order chi connectivity index (χ1) is 12.5. The fraction of sp³-hybridized carbons (Fsp3) is 0.250. The standard InChI is InChI=1S/C16H16N4O5S/c21-18-12-2-1-3-14(10-12)25-15-5-4-13(19-22)11-16(15)26(23,24)20-8-6-17-7-9-20/h1-5,10-11,17H,6-9H2. The monoisotopic (exact) mass is 376 g/mol. The van der Waals surface area contributed by atoms with Crippen molar-refractivity contribution < 1.29 is 13.2 Å². The number of hydrogen-bond donors (Lipinski definition) is 1. The molecule has 0 aliphatic carbocycles. The fourth-order valence-electron chi connectivity index (χ4n) is 2.59. The van der Waals surface area contributed by atoms with Gasteiger partial charge >= 0.3 is 0 Å². The number of nitroso groups, excluding NO2 is 2. The van der Waals surface area contributed by atoms with Gasteiger partial charge in [-0.3, -0.25) is 0 Å². The maximum Gasteiger partial charge on any atom is 0.246 e. The van der Waals surface area contributed by atoms with Crippen LogP contribution >= 0.6 is 0 Å². The van der Waals surface area contributed by atoms with Gasteiger partial charge in [-0.25, -0.2) is 8.42 Å². The highest BCUT2D eigenvalue weighted by atomic mass is 32.2. The van der Waals surface area contributed by atoms with Crippen LogP contribution in [-0.4, -0.2) is 38.9 Å². The van der Waals surface area contributed by atoms with Crippen molar-refractivity contribution in [1.29, 1.82) is 0 Å². The Kier molecular flexibility index (Phi) is 5.35. The van der Waals surface area contributed by atoms with Crippen LogP contribution in [0.1, 0.15) is 0 Å². The molecular formula is C16H16N4O5S. The van der Waals surface area contributed by atoms with E-state index < -0.39 is 10.0 Å². The summed E-state index contributed by atoms with van der Waals surface area (Å²) in [5.41, 5.74) is 0.134. The van der Waals surface area contributed by atoms with Crippen molar-refractivity contribution in [2.75, 3.05) is 26.2 Å². The zero-order valence-corrected chi connectivity index (χ0v) is 14.5. The fourth-order valence-corrected chi connectivity index (χ4v) is 4.17. The molecule has 0 unspecified atom stereocenters. The van der Waals surface area contributed by atoms with Gasteiger partial charge in [-0.1, -0.05) is 6.07 Å². The molecule has 0 amide bonds. The van der Waals surface area contributed by atoms with E-state index in [1.54, 1.807) is 12.1 Å². The molecule has 0 spiro atoms. The molecule has 9 nitrogen and oxygen atoms in total. The summed E-state index contributed by atoms with van der Waals surface area (Å²) in [7, 11) is -3.88. The highest BCUT2D eigenvalue weighted by Gasteiger charge is 2.29. The van der Waals surface area contributed by atoms with Crippen molar-refractivity contribution in [3.63, 3.8) is 0 Å². The molecule has 10 heteroatoms. The number of benzene rings is 2. The molecule has 136 valence electrons. The predicted molar refractivity (Wildman–Crippen MR) is 95.5 cm³/mol. The number of nitrogens with zero attached hydrogens (tertiary/aromatic N) is 3. The largest absolute Gasteiger partial charge is 0.456 e. The third-order valence-electron chi connectivity index (χ3n) is 3.88. The Morgan fingerprint density at radius 1 is 0.962 bits per heavy atom. The highest BCUT2D eigenvalue weighted by molar-refractivity contribution is 7.89. The van der Waals surface area contributed by atoms with Crippen LogP contribution in [0.5, 0.6) is 11.5 Å². The summed E-state index contributed by atoms with van der Waals surface area (Å²) in [6.07, 6.45) is 0. The van der Waals surface area contributed by atoms with E-state index in [2.05, 4.69) is 15.7 Å². The molecule has 1 fully saturated rings. The van der Waals surface area contributed by atoms with Crippen LogP contribution in [0.25, 0.3) is 0 Å². The lowest BCUT2D eigenvalue weighted by atomic mass is 10.3. The third-order valence-corrected chi connectivity index (χ3v) is 5.80. The molecule has 1 heterocycles. The van der Waals surface area contributed by atoms with Crippen molar-refractivity contribution >= 4 is 21.4 Å². The zero-order chi connectivity index (χ0) is 18.6. The van der Waals surface area contributed by atoms with Gasteiger partial charge in [-0.15, -0.1) is 9.81 Å². The molecule has 2 aromatic carbocycles. The highest BCUT2D eigenvalue weighted by Crippen LogP contribution is 2.35. The van der Waals surface area contributed by atoms with Crippen LogP contribution in [0.2, 0.25) is 0 Å². The molecule has 1 saturated heterocycles. The maximum atomic E-state index is 13.0. The van der Waals surface area contributed by atoms with Gasteiger partial charge in [0.1, 0.15) is 27.8 Å². The van der Waals surface area contributed by atoms with Gasteiger partial charge in [0.25, 0.3) is 0 Å². The first kappa shape index (κ1) is 18.1. The van der Waals surface area contributed by atoms with Gasteiger partial charge in [-0.2, -0.15) is 4.31 Å². The second-order valence-corrected chi connectivity index (χ2v) is 7.47. The van der Waals surface area contributed by atoms with Crippen LogP contribution in [0.15, 0.2) is 57.7 Å². The molecule has 0 bridgehead atoms. The first-order valence-corrected chi connectivity index (χ1v) is 9.28.